The highest BCUT2D eigenvalue weighted by molar-refractivity contribution is 6.24. The first-order chi connectivity index (χ1) is 13.5. The first-order valence-electron chi connectivity index (χ1n) is 8.58. The minimum Gasteiger partial charge on any atom is -0.409 e. The van der Waals surface area contributed by atoms with Crippen LogP contribution in [0.15, 0.2) is 48.5 Å². The summed E-state index contributed by atoms with van der Waals surface area (Å²) in [6.07, 6.45) is 0. The Morgan fingerprint density at radius 3 is 1.46 bits per heavy atom. The predicted octanol–water partition coefficient (Wildman–Crippen LogP) is 3.73. The Bertz CT molecular complexity index is 1150. The third-order valence-electron chi connectivity index (χ3n) is 4.29. The lowest BCUT2D eigenvalue weighted by molar-refractivity contribution is -0.133. The molecule has 0 spiro atoms. The molecule has 28 heavy (non-hydrogen) atoms. The summed E-state index contributed by atoms with van der Waals surface area (Å²) >= 11 is 0. The number of hydrogen-bond acceptors (Lipinski definition) is 5. The van der Waals surface area contributed by atoms with E-state index < -0.39 is 17.7 Å². The monoisotopic (exact) mass is 376 g/mol. The smallest absolute Gasteiger partial charge is 0.309 e. The fourth-order valence-electron chi connectivity index (χ4n) is 3.25. The lowest BCUT2D eigenvalue weighted by Gasteiger charge is -2.06. The van der Waals surface area contributed by atoms with Crippen molar-refractivity contribution in [1.29, 1.82) is 0 Å². The van der Waals surface area contributed by atoms with Gasteiger partial charge in [-0.25, -0.2) is 0 Å². The van der Waals surface area contributed by atoms with E-state index in [0.29, 0.717) is 21.8 Å². The molecule has 2 N–H and O–H groups in total. The Balaban J connectivity index is 1.98. The molecule has 2 aromatic carbocycles. The number of hydrogen-bond donors (Lipinski definition) is 2. The van der Waals surface area contributed by atoms with E-state index in [1.54, 1.807) is 48.5 Å². The van der Waals surface area contributed by atoms with E-state index in [1.807, 2.05) is 0 Å². The number of H-pyrrole nitrogens is 2. The molecule has 0 atom stereocenters. The van der Waals surface area contributed by atoms with Gasteiger partial charge >= 0.3 is 11.9 Å². The van der Waals surface area contributed by atoms with Crippen LogP contribution in [0.25, 0.3) is 21.8 Å². The zero-order chi connectivity index (χ0) is 19.8. The molecular weight excluding hydrogens is 360 g/mol. The van der Waals surface area contributed by atoms with Gasteiger partial charge in [-0.05, 0) is 12.1 Å². The van der Waals surface area contributed by atoms with Crippen LogP contribution in [0.2, 0.25) is 0 Å². The fraction of sp³-hybridized carbons (Fsp3) is 0.0952. The molecule has 2 heterocycles. The second-order valence-corrected chi connectivity index (χ2v) is 6.27. The number of carbonyl (C=O) groups is 3. The molecule has 0 aliphatic rings. The lowest BCUT2D eigenvalue weighted by atomic mass is 10.0. The summed E-state index contributed by atoms with van der Waals surface area (Å²) in [5.41, 5.74) is 1.69. The van der Waals surface area contributed by atoms with Gasteiger partial charge in [0.05, 0.1) is 11.1 Å². The Morgan fingerprint density at radius 1 is 0.679 bits per heavy atom. The molecule has 7 heteroatoms. The second kappa shape index (κ2) is 6.70. The summed E-state index contributed by atoms with van der Waals surface area (Å²) in [6.45, 7) is 2.52. The maximum atomic E-state index is 13.6. The molecule has 0 bridgehead atoms. The van der Waals surface area contributed by atoms with Crippen LogP contribution in [0.5, 0.6) is 11.8 Å². The van der Waals surface area contributed by atoms with Gasteiger partial charge in [-0.3, -0.25) is 14.4 Å². The van der Waals surface area contributed by atoms with E-state index in [2.05, 4.69) is 9.97 Å². The highest BCUT2D eigenvalue weighted by Gasteiger charge is 2.28. The number of ketones is 1. The van der Waals surface area contributed by atoms with Crippen molar-refractivity contribution in [2.24, 2.45) is 0 Å². The first kappa shape index (κ1) is 17.5. The van der Waals surface area contributed by atoms with Crippen LogP contribution in [-0.4, -0.2) is 27.7 Å². The Morgan fingerprint density at radius 2 is 1.07 bits per heavy atom. The molecule has 0 radical (unpaired) electrons. The molecule has 140 valence electrons. The van der Waals surface area contributed by atoms with Gasteiger partial charge in [-0.15, -0.1) is 0 Å². The average Bonchev–Trinajstić information content (AvgIpc) is 3.17. The van der Waals surface area contributed by atoms with Crippen molar-refractivity contribution in [1.82, 2.24) is 9.97 Å². The van der Waals surface area contributed by atoms with Gasteiger partial charge in [0.1, 0.15) is 0 Å². The standard InChI is InChI=1S/C21H16N2O5/c1-11(24)27-20-17(13-7-3-5-9-15(13)22-20)19(26)18-14-8-4-6-10-16(14)23-21(18)28-12(2)25/h3-10,22-23H,1-2H3. The number of aromatic nitrogens is 2. The molecule has 0 aliphatic carbocycles. The van der Waals surface area contributed by atoms with Crippen LogP contribution in [-0.2, 0) is 9.59 Å². The first-order valence-corrected chi connectivity index (χ1v) is 8.58. The van der Waals surface area contributed by atoms with Crippen LogP contribution >= 0.6 is 0 Å². The van der Waals surface area contributed by atoms with E-state index in [1.165, 1.54) is 13.8 Å². The minimum atomic E-state index is -0.556. The number of ether oxygens (including phenoxy) is 2. The molecule has 7 nitrogen and oxygen atoms in total. The summed E-state index contributed by atoms with van der Waals surface area (Å²) in [6, 6.07) is 14.3. The number of benzene rings is 2. The van der Waals surface area contributed by atoms with E-state index in [0.717, 1.165) is 0 Å². The third-order valence-corrected chi connectivity index (χ3v) is 4.29. The van der Waals surface area contributed by atoms with Gasteiger partial charge in [-0.1, -0.05) is 36.4 Å². The zero-order valence-electron chi connectivity index (χ0n) is 15.2. The number of nitrogens with one attached hydrogen (secondary N) is 2. The number of rotatable bonds is 4. The van der Waals surface area contributed by atoms with Crippen molar-refractivity contribution < 1.29 is 23.9 Å². The number of para-hydroxylation sites is 2. The second-order valence-electron chi connectivity index (χ2n) is 6.27. The Kier molecular flexibility index (Phi) is 4.19. The van der Waals surface area contributed by atoms with Crippen LogP contribution in [0, 0.1) is 0 Å². The summed E-state index contributed by atoms with van der Waals surface area (Å²) in [5.74, 6) is -1.43. The lowest BCUT2D eigenvalue weighted by Crippen LogP contribution is -2.10. The SMILES string of the molecule is CC(=O)Oc1[nH]c2ccccc2c1C(=O)c1c(OC(C)=O)[nH]c2ccccc12. The van der Waals surface area contributed by atoms with Crippen molar-refractivity contribution in [3.63, 3.8) is 0 Å². The summed E-state index contributed by atoms with van der Waals surface area (Å²) in [7, 11) is 0. The molecule has 0 unspecified atom stereocenters. The highest BCUT2D eigenvalue weighted by atomic mass is 16.5. The van der Waals surface area contributed by atoms with Gasteiger partial charge in [0.25, 0.3) is 0 Å². The van der Waals surface area contributed by atoms with Crippen molar-refractivity contribution in [2.75, 3.05) is 0 Å². The summed E-state index contributed by atoms with van der Waals surface area (Å²) < 4.78 is 10.5. The van der Waals surface area contributed by atoms with Gasteiger partial charge in [-0.2, -0.15) is 0 Å². The number of carbonyl (C=O) groups excluding carboxylic acids is 3. The van der Waals surface area contributed by atoms with Gasteiger partial charge < -0.3 is 19.4 Å². The topological polar surface area (TPSA) is 101 Å². The van der Waals surface area contributed by atoms with Gasteiger partial charge in [0.15, 0.2) is 0 Å². The normalized spacial score (nSPS) is 10.9. The average molecular weight is 376 g/mol. The molecule has 2 aromatic heterocycles. The number of aromatic amines is 2. The molecule has 0 saturated heterocycles. The van der Waals surface area contributed by atoms with Crippen LogP contribution < -0.4 is 9.47 Å². The molecular formula is C21H16N2O5. The maximum absolute atomic E-state index is 13.6. The Labute approximate surface area is 159 Å². The van der Waals surface area contributed by atoms with Crippen LogP contribution in [0.3, 0.4) is 0 Å². The largest absolute Gasteiger partial charge is 0.409 e. The highest BCUT2D eigenvalue weighted by Crippen LogP contribution is 2.36. The van der Waals surface area contributed by atoms with Crippen molar-refractivity contribution >= 4 is 39.5 Å². The number of fused-ring (bicyclic) bond motifs is 2. The Hall–Kier alpha value is -3.87. The molecule has 0 amide bonds. The van der Waals surface area contributed by atoms with Crippen LogP contribution in [0.1, 0.15) is 29.8 Å². The summed E-state index contributed by atoms with van der Waals surface area (Å²) in [4.78, 5) is 42.6. The van der Waals surface area contributed by atoms with E-state index in [4.69, 9.17) is 9.47 Å². The van der Waals surface area contributed by atoms with Gasteiger partial charge in [0, 0.05) is 35.7 Å². The van der Waals surface area contributed by atoms with E-state index in [-0.39, 0.29) is 22.9 Å². The van der Waals surface area contributed by atoms with Crippen molar-refractivity contribution in [2.45, 2.75) is 13.8 Å². The maximum Gasteiger partial charge on any atom is 0.309 e. The quantitative estimate of drug-likeness (QED) is 0.417. The van der Waals surface area contributed by atoms with E-state index >= 15 is 0 Å². The van der Waals surface area contributed by atoms with Gasteiger partial charge in [0.2, 0.25) is 17.5 Å². The molecule has 0 fully saturated rings. The van der Waals surface area contributed by atoms with Crippen LogP contribution in [0.4, 0.5) is 0 Å². The minimum absolute atomic E-state index is 0.0535. The summed E-state index contributed by atoms with van der Waals surface area (Å²) in [5, 5.41) is 1.20. The van der Waals surface area contributed by atoms with Crippen molar-refractivity contribution in [3.8, 4) is 11.8 Å². The fourth-order valence-corrected chi connectivity index (χ4v) is 3.25. The van der Waals surface area contributed by atoms with E-state index in [9.17, 15) is 14.4 Å². The molecule has 4 aromatic rings. The third kappa shape index (κ3) is 2.92. The molecule has 0 aliphatic heterocycles. The molecule has 4 rings (SSSR count). The number of esters is 2. The predicted molar refractivity (Wildman–Crippen MR) is 103 cm³/mol. The molecule has 0 saturated carbocycles. The van der Waals surface area contributed by atoms with Crippen molar-refractivity contribution in [3.05, 3.63) is 59.7 Å². The zero-order valence-corrected chi connectivity index (χ0v) is 15.2.